The average Bonchev–Trinajstić information content (AvgIpc) is 2.47. The smallest absolute Gasteiger partial charge is 0.311 e. The fourth-order valence-corrected chi connectivity index (χ4v) is 1.92. The van der Waals surface area contributed by atoms with Crippen LogP contribution in [0.1, 0.15) is 11.3 Å². The number of rotatable bonds is 5. The van der Waals surface area contributed by atoms with Crippen LogP contribution in [0.15, 0.2) is 30.3 Å². The number of nitro benzene ring substituents is 1. The summed E-state index contributed by atoms with van der Waals surface area (Å²) in [5.74, 6) is 0.842. The number of benzene rings is 1. The summed E-state index contributed by atoms with van der Waals surface area (Å²) in [5.41, 5.74) is 1.23. The number of aryl methyl sites for hydroxylation is 1. The highest BCUT2D eigenvalue weighted by Gasteiger charge is 2.16. The van der Waals surface area contributed by atoms with Gasteiger partial charge in [0.2, 0.25) is 0 Å². The Bertz CT molecular complexity index is 677. The van der Waals surface area contributed by atoms with Crippen LogP contribution in [0.5, 0.6) is 5.75 Å². The lowest BCUT2D eigenvalue weighted by Crippen LogP contribution is -2.03. The van der Waals surface area contributed by atoms with E-state index in [2.05, 4.69) is 10.3 Å². The van der Waals surface area contributed by atoms with Gasteiger partial charge in [-0.2, -0.15) is 0 Å². The Hall–Kier alpha value is -2.34. The van der Waals surface area contributed by atoms with E-state index in [0.717, 1.165) is 5.56 Å². The highest BCUT2D eigenvalue weighted by atomic mass is 35.5. The molecule has 6 nitrogen and oxygen atoms in total. The van der Waals surface area contributed by atoms with Crippen LogP contribution in [0.2, 0.25) is 5.02 Å². The molecule has 0 unspecified atom stereocenters. The summed E-state index contributed by atoms with van der Waals surface area (Å²) < 4.78 is 5.50. The topological polar surface area (TPSA) is 77.3 Å². The molecule has 0 aliphatic heterocycles. The number of aromatic nitrogens is 1. The van der Waals surface area contributed by atoms with Crippen molar-refractivity contribution in [2.45, 2.75) is 13.5 Å². The van der Waals surface area contributed by atoms with Gasteiger partial charge < -0.3 is 10.1 Å². The zero-order chi connectivity index (χ0) is 15.4. The standard InChI is InChI=1S/C14H14ClN3O3/c1-9-3-5-13(12(7-9)18(19)20)21-8-11-10(15)4-6-14(16-2)17-11/h3-7H,8H2,1-2H3,(H,16,17). The highest BCUT2D eigenvalue weighted by molar-refractivity contribution is 6.31. The maximum atomic E-state index is 11.0. The summed E-state index contributed by atoms with van der Waals surface area (Å²) in [4.78, 5) is 14.8. The Balaban J connectivity index is 2.22. The van der Waals surface area contributed by atoms with Gasteiger partial charge in [0, 0.05) is 13.1 Å². The second kappa shape index (κ2) is 6.41. The van der Waals surface area contributed by atoms with Crippen LogP contribution in [-0.4, -0.2) is 17.0 Å². The second-order valence-corrected chi connectivity index (χ2v) is 4.80. The van der Waals surface area contributed by atoms with E-state index in [0.29, 0.717) is 16.5 Å². The van der Waals surface area contributed by atoms with Crippen LogP contribution in [0.4, 0.5) is 11.5 Å². The number of ether oxygens (including phenoxy) is 1. The van der Waals surface area contributed by atoms with Gasteiger partial charge in [-0.25, -0.2) is 4.98 Å². The molecule has 0 bridgehead atoms. The van der Waals surface area contributed by atoms with E-state index in [9.17, 15) is 10.1 Å². The lowest BCUT2D eigenvalue weighted by atomic mass is 10.2. The summed E-state index contributed by atoms with van der Waals surface area (Å²) in [6.45, 7) is 1.84. The van der Waals surface area contributed by atoms with Crippen molar-refractivity contribution in [1.29, 1.82) is 0 Å². The third kappa shape index (κ3) is 3.61. The van der Waals surface area contributed by atoms with Gasteiger partial charge in [-0.15, -0.1) is 0 Å². The van der Waals surface area contributed by atoms with Crippen molar-refractivity contribution >= 4 is 23.1 Å². The average molecular weight is 308 g/mol. The van der Waals surface area contributed by atoms with Crippen molar-refractivity contribution in [2.24, 2.45) is 0 Å². The van der Waals surface area contributed by atoms with E-state index in [1.165, 1.54) is 6.07 Å². The summed E-state index contributed by atoms with van der Waals surface area (Å²) in [7, 11) is 1.74. The van der Waals surface area contributed by atoms with Crippen LogP contribution < -0.4 is 10.1 Å². The predicted octanol–water partition coefficient (Wildman–Crippen LogP) is 3.57. The zero-order valence-corrected chi connectivity index (χ0v) is 12.3. The van der Waals surface area contributed by atoms with Gasteiger partial charge in [0.25, 0.3) is 0 Å². The monoisotopic (exact) mass is 307 g/mol. The first-order valence-corrected chi connectivity index (χ1v) is 6.60. The third-order valence-corrected chi connectivity index (χ3v) is 3.19. The van der Waals surface area contributed by atoms with Crippen LogP contribution in [-0.2, 0) is 6.61 Å². The summed E-state index contributed by atoms with van der Waals surface area (Å²) >= 11 is 6.04. The van der Waals surface area contributed by atoms with E-state index in [1.807, 2.05) is 0 Å². The maximum Gasteiger partial charge on any atom is 0.311 e. The first-order valence-electron chi connectivity index (χ1n) is 6.22. The molecular formula is C14H14ClN3O3. The molecule has 21 heavy (non-hydrogen) atoms. The van der Waals surface area contributed by atoms with Gasteiger partial charge in [0.1, 0.15) is 12.4 Å². The molecule has 0 aliphatic rings. The Kier molecular flexibility index (Phi) is 4.59. The molecule has 0 aliphatic carbocycles. The number of halogens is 1. The molecule has 2 aromatic rings. The van der Waals surface area contributed by atoms with Gasteiger partial charge in [-0.3, -0.25) is 10.1 Å². The molecule has 0 saturated carbocycles. The molecule has 1 aromatic heterocycles. The minimum atomic E-state index is -0.471. The normalized spacial score (nSPS) is 10.2. The van der Waals surface area contributed by atoms with Gasteiger partial charge in [0.15, 0.2) is 5.75 Å². The lowest BCUT2D eigenvalue weighted by Gasteiger charge is -2.09. The molecule has 1 N–H and O–H groups in total. The molecule has 0 saturated heterocycles. The maximum absolute atomic E-state index is 11.0. The van der Waals surface area contributed by atoms with Crippen molar-refractivity contribution in [2.75, 3.05) is 12.4 Å². The number of hydrogen-bond donors (Lipinski definition) is 1. The molecule has 0 fully saturated rings. The molecule has 1 aromatic carbocycles. The Labute approximate surface area is 126 Å². The molecule has 7 heteroatoms. The molecular weight excluding hydrogens is 294 g/mol. The second-order valence-electron chi connectivity index (χ2n) is 4.39. The van der Waals surface area contributed by atoms with E-state index >= 15 is 0 Å². The fraction of sp³-hybridized carbons (Fsp3) is 0.214. The van der Waals surface area contributed by atoms with Crippen molar-refractivity contribution in [3.63, 3.8) is 0 Å². The predicted molar refractivity (Wildman–Crippen MR) is 81.0 cm³/mol. The number of nitro groups is 1. The Morgan fingerprint density at radius 3 is 2.81 bits per heavy atom. The number of hydrogen-bond acceptors (Lipinski definition) is 5. The SMILES string of the molecule is CNc1ccc(Cl)c(COc2ccc(C)cc2[N+](=O)[O-])n1. The van der Waals surface area contributed by atoms with Crippen LogP contribution in [0.3, 0.4) is 0 Å². The van der Waals surface area contributed by atoms with Crippen molar-refractivity contribution in [3.8, 4) is 5.75 Å². The Morgan fingerprint density at radius 2 is 2.14 bits per heavy atom. The Morgan fingerprint density at radius 1 is 1.38 bits per heavy atom. The van der Waals surface area contributed by atoms with Gasteiger partial charge in [0.05, 0.1) is 15.6 Å². The molecule has 0 spiro atoms. The first-order chi connectivity index (χ1) is 10.0. The molecule has 0 radical (unpaired) electrons. The number of nitrogens with one attached hydrogen (secondary N) is 1. The molecule has 2 rings (SSSR count). The summed E-state index contributed by atoms with van der Waals surface area (Å²) in [6.07, 6.45) is 0. The van der Waals surface area contributed by atoms with E-state index in [4.69, 9.17) is 16.3 Å². The van der Waals surface area contributed by atoms with Crippen molar-refractivity contribution in [1.82, 2.24) is 4.98 Å². The zero-order valence-electron chi connectivity index (χ0n) is 11.6. The third-order valence-electron chi connectivity index (χ3n) is 2.85. The van der Waals surface area contributed by atoms with Crippen LogP contribution in [0, 0.1) is 17.0 Å². The molecule has 0 atom stereocenters. The summed E-state index contributed by atoms with van der Waals surface area (Å²) in [5, 5.41) is 14.4. The van der Waals surface area contributed by atoms with Crippen molar-refractivity contribution in [3.05, 3.63) is 56.7 Å². The number of pyridine rings is 1. The largest absolute Gasteiger partial charge is 0.480 e. The fourth-order valence-electron chi connectivity index (χ4n) is 1.76. The number of anilines is 1. The van der Waals surface area contributed by atoms with E-state index in [-0.39, 0.29) is 18.0 Å². The van der Waals surface area contributed by atoms with Gasteiger partial charge in [-0.1, -0.05) is 17.7 Å². The minimum Gasteiger partial charge on any atom is -0.480 e. The molecule has 110 valence electrons. The van der Waals surface area contributed by atoms with Crippen molar-refractivity contribution < 1.29 is 9.66 Å². The van der Waals surface area contributed by atoms with E-state index < -0.39 is 4.92 Å². The van der Waals surface area contributed by atoms with Gasteiger partial charge in [-0.05, 0) is 30.7 Å². The lowest BCUT2D eigenvalue weighted by molar-refractivity contribution is -0.386. The van der Waals surface area contributed by atoms with Crippen LogP contribution >= 0.6 is 11.6 Å². The van der Waals surface area contributed by atoms with Crippen LogP contribution in [0.25, 0.3) is 0 Å². The highest BCUT2D eigenvalue weighted by Crippen LogP contribution is 2.29. The molecule has 0 amide bonds. The quantitative estimate of drug-likeness (QED) is 0.675. The van der Waals surface area contributed by atoms with Gasteiger partial charge >= 0.3 is 5.69 Å². The summed E-state index contributed by atoms with van der Waals surface area (Å²) in [6, 6.07) is 8.22. The molecule has 1 heterocycles. The van der Waals surface area contributed by atoms with E-state index in [1.54, 1.807) is 38.2 Å². The first kappa shape index (κ1) is 15.1. The minimum absolute atomic E-state index is 0.0538. The number of nitrogens with zero attached hydrogens (tertiary/aromatic N) is 2.